The number of aliphatic carboxylic acids is 4. The lowest BCUT2D eigenvalue weighted by molar-refractivity contribution is -0.566. The molecule has 0 aliphatic rings. The van der Waals surface area contributed by atoms with Gasteiger partial charge in [0.1, 0.15) is 0 Å². The molecule has 0 unspecified atom stereocenters. The zero-order valence-electron chi connectivity index (χ0n) is 10.7. The van der Waals surface area contributed by atoms with Gasteiger partial charge in [-0.15, -0.1) is 0 Å². The van der Waals surface area contributed by atoms with Crippen molar-refractivity contribution in [1.29, 1.82) is 0 Å². The van der Waals surface area contributed by atoms with Gasteiger partial charge in [0.05, 0.1) is 0 Å². The van der Waals surface area contributed by atoms with Gasteiger partial charge in [-0.05, 0) is 13.8 Å². The number of carboxylic acids is 4. The van der Waals surface area contributed by atoms with Crippen molar-refractivity contribution in [1.82, 2.24) is 0 Å². The second kappa shape index (κ2) is 5.63. The molecule has 0 amide bonds. The second-order valence-electron chi connectivity index (χ2n) is 4.71. The molecule has 0 spiro atoms. The van der Waals surface area contributed by atoms with Crippen LogP contribution in [0, 0.1) is 10.8 Å². The molecule has 0 rings (SSSR count). The van der Waals surface area contributed by atoms with Gasteiger partial charge in [-0.2, -0.15) is 0 Å². The number of rotatable bonds is 8. The topological polar surface area (TPSA) is 175 Å². The fourth-order valence-corrected chi connectivity index (χ4v) is 1.24. The van der Waals surface area contributed by atoms with E-state index in [1.807, 2.05) is 0 Å². The van der Waals surface area contributed by atoms with Crippen molar-refractivity contribution in [3.8, 4) is 0 Å². The van der Waals surface area contributed by atoms with Crippen molar-refractivity contribution in [3.05, 3.63) is 5.53 Å². The molecular weight excluding hydrogens is 276 g/mol. The molecule has 0 saturated carbocycles. The number of hydrogen-bond acceptors (Lipinski definition) is 4. The first-order valence-corrected chi connectivity index (χ1v) is 5.25. The van der Waals surface area contributed by atoms with Crippen molar-refractivity contribution < 1.29 is 44.3 Å². The van der Waals surface area contributed by atoms with Crippen LogP contribution in [0.5, 0.6) is 0 Å². The Labute approximate surface area is 112 Å². The maximum atomic E-state index is 10.9. The molecule has 0 aromatic rings. The van der Waals surface area contributed by atoms with Gasteiger partial charge in [0.2, 0.25) is 10.8 Å². The lowest BCUT2D eigenvalue weighted by Crippen LogP contribution is -2.48. The Bertz CT molecular complexity index is 414. The smallest absolute Gasteiger partial charge is 0.327 e. The largest absolute Gasteiger partial charge is 0.507 e. The van der Waals surface area contributed by atoms with Gasteiger partial charge in [0, 0.05) is 0 Å². The SMILES string of the molecule is CC(C[N+](=[N-])CC(C)(C(=O)O)C(=O)O)(C(=O)O)C(=O)O. The number of nitrogens with zero attached hydrogens (tertiary/aromatic N) is 2. The van der Waals surface area contributed by atoms with Crippen LogP contribution in [0.15, 0.2) is 0 Å². The molecule has 4 N–H and O–H groups in total. The standard InChI is InChI=1S/C10H14N2O8/c1-9(5(13)14,6(15)16)3-12(11)4-10(2,7(17)18)8(19)20/h3-4H2,1-2H3,(H,13,14)(H,15,16)(H,17,18)(H,19,20). The molecule has 0 heterocycles. The van der Waals surface area contributed by atoms with E-state index < -0.39 is 47.8 Å². The summed E-state index contributed by atoms with van der Waals surface area (Å²) < 4.78 is 0.0600. The van der Waals surface area contributed by atoms with Crippen LogP contribution in [0.25, 0.3) is 5.53 Å². The predicted molar refractivity (Wildman–Crippen MR) is 60.1 cm³/mol. The minimum Gasteiger partial charge on any atom is -0.507 e. The minimum atomic E-state index is -2.41. The summed E-state index contributed by atoms with van der Waals surface area (Å²) in [6, 6.07) is 0. The lowest BCUT2D eigenvalue weighted by atomic mass is 9.88. The molecule has 0 aromatic heterocycles. The molecule has 20 heavy (non-hydrogen) atoms. The van der Waals surface area contributed by atoms with E-state index in [0.717, 1.165) is 13.8 Å². The fourth-order valence-electron chi connectivity index (χ4n) is 1.24. The van der Waals surface area contributed by atoms with E-state index in [9.17, 15) is 24.7 Å². The highest BCUT2D eigenvalue weighted by Crippen LogP contribution is 2.22. The minimum absolute atomic E-state index is 0.0600. The summed E-state index contributed by atoms with van der Waals surface area (Å²) in [5.74, 6) is -7.01. The summed E-state index contributed by atoms with van der Waals surface area (Å²) in [6.07, 6.45) is 0. The average Bonchev–Trinajstić information content (AvgIpc) is 2.27. The third kappa shape index (κ3) is 3.28. The van der Waals surface area contributed by atoms with Crippen LogP contribution in [0.1, 0.15) is 13.8 Å². The van der Waals surface area contributed by atoms with Crippen LogP contribution in [0.2, 0.25) is 0 Å². The number of hydrogen-bond donors (Lipinski definition) is 4. The third-order valence-corrected chi connectivity index (χ3v) is 2.89. The lowest BCUT2D eigenvalue weighted by Gasteiger charge is -2.24. The van der Waals surface area contributed by atoms with Crippen LogP contribution in [-0.4, -0.2) is 62.1 Å². The summed E-state index contributed by atoms with van der Waals surface area (Å²) in [5.41, 5.74) is 4.68. The Morgan fingerprint density at radius 3 is 1.15 bits per heavy atom. The van der Waals surface area contributed by atoms with E-state index in [0.29, 0.717) is 0 Å². The van der Waals surface area contributed by atoms with E-state index >= 15 is 0 Å². The molecule has 112 valence electrons. The zero-order valence-corrected chi connectivity index (χ0v) is 10.7. The van der Waals surface area contributed by atoms with E-state index in [-0.39, 0.29) is 4.70 Å². The van der Waals surface area contributed by atoms with Gasteiger partial charge in [-0.3, -0.25) is 19.2 Å². The summed E-state index contributed by atoms with van der Waals surface area (Å²) >= 11 is 0. The zero-order chi connectivity index (χ0) is 16.3. The van der Waals surface area contributed by atoms with Crippen LogP contribution in [-0.2, 0) is 19.2 Å². The van der Waals surface area contributed by atoms with Gasteiger partial charge >= 0.3 is 23.9 Å². The molecule has 0 radical (unpaired) electrons. The number of carbonyl (C=O) groups is 4. The van der Waals surface area contributed by atoms with Crippen molar-refractivity contribution in [2.75, 3.05) is 13.1 Å². The van der Waals surface area contributed by atoms with Gasteiger partial charge in [0.15, 0.2) is 13.1 Å². The van der Waals surface area contributed by atoms with Crippen molar-refractivity contribution in [2.24, 2.45) is 10.8 Å². The Hall–Kier alpha value is -2.52. The molecule has 10 heteroatoms. The van der Waals surface area contributed by atoms with Crippen LogP contribution in [0.4, 0.5) is 0 Å². The molecule has 0 fully saturated rings. The quantitative estimate of drug-likeness (QED) is 0.259. The van der Waals surface area contributed by atoms with Crippen LogP contribution < -0.4 is 0 Å². The Morgan fingerprint density at radius 1 is 0.800 bits per heavy atom. The Kier molecular flexibility index (Phi) is 4.92. The predicted octanol–water partition coefficient (Wildman–Crippen LogP) is -0.628. The first kappa shape index (κ1) is 17.5. The fraction of sp³-hybridized carbons (Fsp3) is 0.600. The first-order chi connectivity index (χ1) is 8.87. The van der Waals surface area contributed by atoms with Crippen molar-refractivity contribution in [2.45, 2.75) is 13.8 Å². The average molecular weight is 290 g/mol. The molecule has 10 nitrogen and oxygen atoms in total. The molecule has 0 aliphatic heterocycles. The maximum Gasteiger partial charge on any atom is 0.327 e. The van der Waals surface area contributed by atoms with Crippen molar-refractivity contribution in [3.63, 3.8) is 0 Å². The summed E-state index contributed by atoms with van der Waals surface area (Å²) in [5, 5.41) is 35.3. The van der Waals surface area contributed by atoms with E-state index in [2.05, 4.69) is 0 Å². The molecular formula is C10H14N2O8. The highest BCUT2D eigenvalue weighted by atomic mass is 16.4. The molecule has 0 atom stereocenters. The van der Waals surface area contributed by atoms with Gasteiger partial charge < -0.3 is 30.7 Å². The number of carboxylic acid groups (broad SMARTS) is 4. The monoisotopic (exact) mass is 290 g/mol. The van der Waals surface area contributed by atoms with Gasteiger partial charge in [-0.25, -0.2) is 0 Å². The molecule has 0 aromatic carbocycles. The Morgan fingerprint density at radius 2 is 1.00 bits per heavy atom. The van der Waals surface area contributed by atoms with Gasteiger partial charge in [-0.1, -0.05) is 0 Å². The van der Waals surface area contributed by atoms with Crippen LogP contribution >= 0.6 is 0 Å². The highest BCUT2D eigenvalue weighted by molar-refractivity contribution is 5.98. The summed E-state index contributed by atoms with van der Waals surface area (Å²) in [6.45, 7) is -0.346. The van der Waals surface area contributed by atoms with Gasteiger partial charge in [0.25, 0.3) is 0 Å². The molecule has 0 bridgehead atoms. The van der Waals surface area contributed by atoms with E-state index in [4.69, 9.17) is 20.4 Å². The van der Waals surface area contributed by atoms with E-state index in [1.165, 1.54) is 0 Å². The van der Waals surface area contributed by atoms with Crippen LogP contribution in [0.3, 0.4) is 0 Å². The highest BCUT2D eigenvalue weighted by Gasteiger charge is 2.49. The summed E-state index contributed by atoms with van der Waals surface area (Å²) in [4.78, 5) is 43.5. The first-order valence-electron chi connectivity index (χ1n) is 5.25. The Balaban J connectivity index is 5.22. The third-order valence-electron chi connectivity index (χ3n) is 2.89. The normalized spacial score (nSPS) is 11.7. The van der Waals surface area contributed by atoms with Crippen molar-refractivity contribution >= 4 is 23.9 Å². The summed E-state index contributed by atoms with van der Waals surface area (Å²) in [7, 11) is 0. The maximum absolute atomic E-state index is 10.9. The van der Waals surface area contributed by atoms with E-state index in [1.54, 1.807) is 0 Å². The molecule has 0 aliphatic carbocycles. The molecule has 0 saturated heterocycles. The second-order valence-corrected chi connectivity index (χ2v) is 4.71.